The van der Waals surface area contributed by atoms with Crippen LogP contribution in [0.3, 0.4) is 0 Å². The molecule has 0 unspecified atom stereocenters. The minimum atomic E-state index is -0.396. The molecule has 1 aliphatic heterocycles. The van der Waals surface area contributed by atoms with Crippen LogP contribution < -0.4 is 10.6 Å². The van der Waals surface area contributed by atoms with Crippen molar-refractivity contribution in [3.05, 3.63) is 23.2 Å². The van der Waals surface area contributed by atoms with Crippen LogP contribution >= 0.6 is 23.4 Å². The van der Waals surface area contributed by atoms with Gasteiger partial charge in [0.1, 0.15) is 0 Å². The highest BCUT2D eigenvalue weighted by Gasteiger charge is 2.29. The minimum Gasteiger partial charge on any atom is -0.354 e. The average molecular weight is 327 g/mol. The molecule has 0 saturated heterocycles. The lowest BCUT2D eigenvalue weighted by atomic mass is 10.2. The lowest BCUT2D eigenvalue weighted by Gasteiger charge is -2.24. The van der Waals surface area contributed by atoms with Gasteiger partial charge in [0, 0.05) is 22.4 Å². The molecule has 4 nitrogen and oxygen atoms in total. The Morgan fingerprint density at radius 2 is 2.29 bits per heavy atom. The Kier molecular flexibility index (Phi) is 5.53. The second kappa shape index (κ2) is 7.18. The highest BCUT2D eigenvalue weighted by molar-refractivity contribution is 8.01. The van der Waals surface area contributed by atoms with Gasteiger partial charge in [0.2, 0.25) is 11.8 Å². The van der Waals surface area contributed by atoms with E-state index < -0.39 is 5.25 Å². The van der Waals surface area contributed by atoms with Gasteiger partial charge >= 0.3 is 0 Å². The van der Waals surface area contributed by atoms with Gasteiger partial charge in [-0.05, 0) is 31.5 Å². The maximum absolute atomic E-state index is 12.1. The minimum absolute atomic E-state index is 0.0824. The SMILES string of the molecule is CCC[C@@H](C)NC(=O)C[C@@H]1Sc2ccc(Cl)cc2NC1=O. The molecule has 114 valence electrons. The van der Waals surface area contributed by atoms with Crippen molar-refractivity contribution in [2.45, 2.75) is 49.3 Å². The summed E-state index contributed by atoms with van der Waals surface area (Å²) < 4.78 is 0. The number of nitrogens with one attached hydrogen (secondary N) is 2. The summed E-state index contributed by atoms with van der Waals surface area (Å²) in [5, 5.41) is 5.93. The number of hydrogen-bond donors (Lipinski definition) is 2. The molecule has 0 bridgehead atoms. The molecule has 2 rings (SSSR count). The molecule has 1 heterocycles. The van der Waals surface area contributed by atoms with E-state index in [0.717, 1.165) is 17.7 Å². The fourth-order valence-electron chi connectivity index (χ4n) is 2.26. The number of halogens is 1. The quantitative estimate of drug-likeness (QED) is 0.871. The van der Waals surface area contributed by atoms with Crippen molar-refractivity contribution in [2.75, 3.05) is 5.32 Å². The van der Waals surface area contributed by atoms with E-state index in [2.05, 4.69) is 17.6 Å². The van der Waals surface area contributed by atoms with Gasteiger partial charge in [0.25, 0.3) is 0 Å². The number of benzene rings is 1. The lowest BCUT2D eigenvalue weighted by Crippen LogP contribution is -2.38. The fraction of sp³-hybridized carbons (Fsp3) is 0.467. The number of hydrogen-bond acceptors (Lipinski definition) is 3. The van der Waals surface area contributed by atoms with Crippen LogP contribution in [0.25, 0.3) is 0 Å². The predicted octanol–water partition coefficient (Wildman–Crippen LogP) is 3.45. The molecular weight excluding hydrogens is 308 g/mol. The molecule has 0 spiro atoms. The van der Waals surface area contributed by atoms with E-state index in [4.69, 9.17) is 11.6 Å². The van der Waals surface area contributed by atoms with Gasteiger partial charge in [-0.1, -0.05) is 24.9 Å². The third-order valence-electron chi connectivity index (χ3n) is 3.26. The van der Waals surface area contributed by atoms with Gasteiger partial charge in [-0.2, -0.15) is 0 Å². The Morgan fingerprint density at radius 3 is 3.00 bits per heavy atom. The van der Waals surface area contributed by atoms with Gasteiger partial charge in [0.15, 0.2) is 0 Å². The summed E-state index contributed by atoms with van der Waals surface area (Å²) >= 11 is 7.32. The Balaban J connectivity index is 1.97. The molecule has 1 aromatic rings. The van der Waals surface area contributed by atoms with Gasteiger partial charge in [0.05, 0.1) is 10.9 Å². The summed E-state index contributed by atoms with van der Waals surface area (Å²) in [4.78, 5) is 25.0. The standard InChI is InChI=1S/C15H19ClN2O2S/c1-3-4-9(2)17-14(19)8-13-15(20)18-11-7-10(16)5-6-12(11)21-13/h5-7,9,13H,3-4,8H2,1-2H3,(H,17,19)(H,18,20)/t9-,13+/m1/s1. The number of carbonyl (C=O) groups is 2. The smallest absolute Gasteiger partial charge is 0.238 e. The molecule has 0 saturated carbocycles. The molecule has 0 radical (unpaired) electrons. The van der Waals surface area contributed by atoms with Crippen LogP contribution in [0.2, 0.25) is 5.02 Å². The predicted molar refractivity (Wildman–Crippen MR) is 86.9 cm³/mol. The summed E-state index contributed by atoms with van der Waals surface area (Å²) in [5.74, 6) is -0.228. The summed E-state index contributed by atoms with van der Waals surface area (Å²) in [6, 6.07) is 5.52. The van der Waals surface area contributed by atoms with Crippen LogP contribution in [-0.4, -0.2) is 23.1 Å². The first kappa shape index (κ1) is 16.2. The second-order valence-corrected chi connectivity index (χ2v) is 6.88. The van der Waals surface area contributed by atoms with Crippen molar-refractivity contribution >= 4 is 40.9 Å². The van der Waals surface area contributed by atoms with Crippen LogP contribution in [0.1, 0.15) is 33.1 Å². The largest absolute Gasteiger partial charge is 0.354 e. The highest BCUT2D eigenvalue weighted by atomic mass is 35.5. The first-order valence-corrected chi connectivity index (χ1v) is 8.31. The summed E-state index contributed by atoms with van der Waals surface area (Å²) in [6.45, 7) is 4.06. The molecule has 0 aromatic heterocycles. The van der Waals surface area contributed by atoms with Crippen LogP contribution in [0.15, 0.2) is 23.1 Å². The van der Waals surface area contributed by atoms with Crippen LogP contribution in [0.5, 0.6) is 0 Å². The number of thioether (sulfide) groups is 1. The number of anilines is 1. The fourth-order valence-corrected chi connectivity index (χ4v) is 3.53. The molecule has 6 heteroatoms. The van der Waals surface area contributed by atoms with Crippen molar-refractivity contribution in [3.63, 3.8) is 0 Å². The monoisotopic (exact) mass is 326 g/mol. The zero-order valence-corrected chi connectivity index (χ0v) is 13.7. The van der Waals surface area contributed by atoms with E-state index >= 15 is 0 Å². The van der Waals surface area contributed by atoms with Crippen LogP contribution in [0, 0.1) is 0 Å². The van der Waals surface area contributed by atoms with E-state index in [-0.39, 0.29) is 24.3 Å². The van der Waals surface area contributed by atoms with Crippen LogP contribution in [0.4, 0.5) is 5.69 Å². The van der Waals surface area contributed by atoms with Gasteiger partial charge in [-0.15, -0.1) is 11.8 Å². The van der Waals surface area contributed by atoms with Crippen molar-refractivity contribution in [2.24, 2.45) is 0 Å². The maximum atomic E-state index is 12.1. The van der Waals surface area contributed by atoms with E-state index in [1.165, 1.54) is 11.8 Å². The molecular formula is C15H19ClN2O2S. The van der Waals surface area contributed by atoms with Crippen molar-refractivity contribution in [1.29, 1.82) is 0 Å². The zero-order valence-electron chi connectivity index (χ0n) is 12.1. The normalized spacial score (nSPS) is 18.6. The highest BCUT2D eigenvalue weighted by Crippen LogP contribution is 2.38. The second-order valence-electron chi connectivity index (χ2n) is 5.20. The topological polar surface area (TPSA) is 58.2 Å². The Morgan fingerprint density at radius 1 is 1.52 bits per heavy atom. The lowest BCUT2D eigenvalue weighted by molar-refractivity contribution is -0.124. The molecule has 1 aliphatic rings. The van der Waals surface area contributed by atoms with E-state index in [1.54, 1.807) is 12.1 Å². The van der Waals surface area contributed by atoms with E-state index in [1.807, 2.05) is 13.0 Å². The van der Waals surface area contributed by atoms with Crippen molar-refractivity contribution in [3.8, 4) is 0 Å². The molecule has 2 N–H and O–H groups in total. The molecule has 21 heavy (non-hydrogen) atoms. The van der Waals surface area contributed by atoms with E-state index in [0.29, 0.717) is 10.7 Å². The maximum Gasteiger partial charge on any atom is 0.238 e. The molecule has 2 atom stereocenters. The molecule has 2 amide bonds. The van der Waals surface area contributed by atoms with Gasteiger partial charge in [-0.25, -0.2) is 0 Å². The van der Waals surface area contributed by atoms with Crippen molar-refractivity contribution < 1.29 is 9.59 Å². The van der Waals surface area contributed by atoms with Gasteiger partial charge in [-0.3, -0.25) is 9.59 Å². The number of carbonyl (C=O) groups excluding carboxylic acids is 2. The number of fused-ring (bicyclic) bond motifs is 1. The third-order valence-corrected chi connectivity index (χ3v) is 4.77. The summed E-state index contributed by atoms with van der Waals surface area (Å²) in [7, 11) is 0. The Hall–Kier alpha value is -1.20. The summed E-state index contributed by atoms with van der Waals surface area (Å²) in [6.07, 6.45) is 2.15. The number of rotatable bonds is 5. The van der Waals surface area contributed by atoms with Gasteiger partial charge < -0.3 is 10.6 Å². The molecule has 0 aliphatic carbocycles. The first-order valence-electron chi connectivity index (χ1n) is 7.06. The average Bonchev–Trinajstić information content (AvgIpc) is 2.40. The zero-order chi connectivity index (χ0) is 15.4. The van der Waals surface area contributed by atoms with E-state index in [9.17, 15) is 9.59 Å². The Bertz CT molecular complexity index is 550. The first-order chi connectivity index (χ1) is 9.99. The van der Waals surface area contributed by atoms with Crippen molar-refractivity contribution in [1.82, 2.24) is 5.32 Å². The van der Waals surface area contributed by atoms with Crippen LogP contribution in [-0.2, 0) is 9.59 Å². The molecule has 1 aromatic carbocycles. The number of amides is 2. The Labute approximate surface area is 134 Å². The third kappa shape index (κ3) is 4.38. The summed E-state index contributed by atoms with van der Waals surface area (Å²) in [5.41, 5.74) is 0.716. The molecule has 0 fully saturated rings.